The van der Waals surface area contributed by atoms with Gasteiger partial charge in [-0.25, -0.2) is 0 Å². The zero-order valence-electron chi connectivity index (χ0n) is 7.88. The number of alkyl halides is 3. The van der Waals surface area contributed by atoms with Gasteiger partial charge in [0.15, 0.2) is 0 Å². The van der Waals surface area contributed by atoms with Crippen LogP contribution >= 0.6 is 0 Å². The van der Waals surface area contributed by atoms with E-state index in [9.17, 15) is 13.2 Å². The van der Waals surface area contributed by atoms with Crippen LogP contribution in [-0.4, -0.2) is 22.9 Å². The minimum Gasteiger partial charge on any atom is -0.304 e. The minimum atomic E-state index is -4.33. The number of rotatable bonds is 4. The van der Waals surface area contributed by atoms with Crippen LogP contribution in [0.5, 0.6) is 0 Å². The average Bonchev–Trinajstić information content (AvgIpc) is 2.60. The second kappa shape index (κ2) is 4.84. The molecule has 0 spiro atoms. The van der Waals surface area contributed by atoms with Crippen LogP contribution in [0.25, 0.3) is 0 Å². The van der Waals surface area contributed by atoms with Gasteiger partial charge in [-0.1, -0.05) is 5.92 Å². The third kappa shape index (κ3) is 3.64. The van der Waals surface area contributed by atoms with Crippen LogP contribution < -0.4 is 5.32 Å². The first-order chi connectivity index (χ1) is 7.04. The predicted octanol–water partition coefficient (Wildman–Crippen LogP) is 1.12. The van der Waals surface area contributed by atoms with Crippen molar-refractivity contribution < 1.29 is 13.2 Å². The van der Waals surface area contributed by atoms with Crippen LogP contribution in [0.1, 0.15) is 5.56 Å². The molecule has 1 rings (SSSR count). The van der Waals surface area contributed by atoms with Gasteiger partial charge in [-0.3, -0.25) is 4.68 Å². The summed E-state index contributed by atoms with van der Waals surface area (Å²) in [6, 6.07) is 0. The molecule has 0 aliphatic heterocycles. The van der Waals surface area contributed by atoms with Gasteiger partial charge in [-0.2, -0.15) is 18.3 Å². The van der Waals surface area contributed by atoms with E-state index in [2.05, 4.69) is 16.3 Å². The minimum absolute atomic E-state index is 0.359. The molecule has 1 aromatic rings. The predicted molar refractivity (Wildman–Crippen MR) is 48.9 cm³/mol. The van der Waals surface area contributed by atoms with E-state index < -0.39 is 11.7 Å². The molecule has 0 radical (unpaired) electrons. The molecule has 0 bridgehead atoms. The van der Waals surface area contributed by atoms with Crippen molar-refractivity contribution in [1.82, 2.24) is 15.1 Å². The van der Waals surface area contributed by atoms with Crippen LogP contribution in [0.15, 0.2) is 12.4 Å². The lowest BCUT2D eigenvalue weighted by Crippen LogP contribution is -2.20. The molecular weight excluding hydrogens is 207 g/mol. The molecule has 1 heterocycles. The van der Waals surface area contributed by atoms with E-state index in [1.165, 1.54) is 4.68 Å². The van der Waals surface area contributed by atoms with Gasteiger partial charge in [0.1, 0.15) is 0 Å². The summed E-state index contributed by atoms with van der Waals surface area (Å²) < 4.78 is 37.7. The van der Waals surface area contributed by atoms with E-state index >= 15 is 0 Å². The molecule has 0 aliphatic carbocycles. The summed E-state index contributed by atoms with van der Waals surface area (Å²) in [5.74, 6) is 2.36. The van der Waals surface area contributed by atoms with Crippen LogP contribution in [0.2, 0.25) is 0 Å². The van der Waals surface area contributed by atoms with Gasteiger partial charge in [0.25, 0.3) is 0 Å². The fourth-order valence-electron chi connectivity index (χ4n) is 0.986. The lowest BCUT2D eigenvalue weighted by Gasteiger charge is -2.02. The highest BCUT2D eigenvalue weighted by molar-refractivity contribution is 5.08. The Hall–Kier alpha value is -1.48. The van der Waals surface area contributed by atoms with Gasteiger partial charge in [-0.05, 0) is 0 Å². The Morgan fingerprint density at radius 1 is 1.53 bits per heavy atom. The number of nitrogens with zero attached hydrogens (tertiary/aromatic N) is 2. The normalized spacial score (nSPS) is 11.3. The summed E-state index contributed by atoms with van der Waals surface area (Å²) >= 11 is 0. The molecule has 0 atom stereocenters. The highest BCUT2D eigenvalue weighted by atomic mass is 19.4. The first-order valence-electron chi connectivity index (χ1n) is 4.28. The Morgan fingerprint density at radius 2 is 2.27 bits per heavy atom. The Morgan fingerprint density at radius 3 is 2.80 bits per heavy atom. The summed E-state index contributed by atoms with van der Waals surface area (Å²) in [7, 11) is 0. The number of aromatic nitrogens is 2. The van der Waals surface area contributed by atoms with E-state index in [0.29, 0.717) is 19.6 Å². The summed E-state index contributed by atoms with van der Waals surface area (Å²) in [4.78, 5) is 0. The number of hydrogen-bond acceptors (Lipinski definition) is 2. The molecule has 0 aromatic carbocycles. The molecular formula is C9H10F3N3. The molecule has 0 amide bonds. The monoisotopic (exact) mass is 217 g/mol. The largest absolute Gasteiger partial charge is 0.419 e. The molecule has 6 heteroatoms. The SMILES string of the molecule is C#CCNCCn1cc(C(F)(F)F)cn1. The van der Waals surface area contributed by atoms with Crippen molar-refractivity contribution in [2.45, 2.75) is 12.7 Å². The van der Waals surface area contributed by atoms with E-state index in [4.69, 9.17) is 6.42 Å². The topological polar surface area (TPSA) is 29.9 Å². The zero-order chi connectivity index (χ0) is 11.3. The molecule has 1 aromatic heterocycles. The van der Waals surface area contributed by atoms with Crippen molar-refractivity contribution in [2.75, 3.05) is 13.1 Å². The number of hydrogen-bond donors (Lipinski definition) is 1. The molecule has 0 aliphatic rings. The third-order valence-electron chi connectivity index (χ3n) is 1.71. The van der Waals surface area contributed by atoms with Crippen molar-refractivity contribution in [1.29, 1.82) is 0 Å². The van der Waals surface area contributed by atoms with Gasteiger partial charge in [0.05, 0.1) is 24.8 Å². The summed E-state index contributed by atoms with van der Waals surface area (Å²) in [6.07, 6.45) is 2.43. The van der Waals surface area contributed by atoms with Crippen molar-refractivity contribution in [2.24, 2.45) is 0 Å². The Balaban J connectivity index is 2.44. The van der Waals surface area contributed by atoms with E-state index in [1.807, 2.05) is 0 Å². The van der Waals surface area contributed by atoms with Crippen LogP contribution in [0.4, 0.5) is 13.2 Å². The molecule has 0 fully saturated rings. The first kappa shape index (κ1) is 11.6. The smallest absolute Gasteiger partial charge is 0.304 e. The second-order valence-corrected chi connectivity index (χ2v) is 2.87. The second-order valence-electron chi connectivity index (χ2n) is 2.87. The fraction of sp³-hybridized carbons (Fsp3) is 0.444. The molecule has 0 saturated heterocycles. The quantitative estimate of drug-likeness (QED) is 0.605. The molecule has 3 nitrogen and oxygen atoms in total. The van der Waals surface area contributed by atoms with Crippen LogP contribution in [-0.2, 0) is 12.7 Å². The molecule has 82 valence electrons. The number of halogens is 3. The van der Waals surface area contributed by atoms with Gasteiger partial charge in [-0.15, -0.1) is 6.42 Å². The molecule has 0 saturated carbocycles. The molecule has 1 N–H and O–H groups in total. The van der Waals surface area contributed by atoms with Crippen molar-refractivity contribution in [3.63, 3.8) is 0 Å². The van der Waals surface area contributed by atoms with Crippen LogP contribution in [0, 0.1) is 12.3 Å². The van der Waals surface area contributed by atoms with Gasteiger partial charge in [0, 0.05) is 12.7 Å². The van der Waals surface area contributed by atoms with Crippen LogP contribution in [0.3, 0.4) is 0 Å². The van der Waals surface area contributed by atoms with Crippen molar-refractivity contribution >= 4 is 0 Å². The highest BCUT2D eigenvalue weighted by Gasteiger charge is 2.31. The van der Waals surface area contributed by atoms with Crippen molar-refractivity contribution in [3.8, 4) is 12.3 Å². The molecule has 0 unspecified atom stereocenters. The lowest BCUT2D eigenvalue weighted by atomic mass is 10.4. The lowest BCUT2D eigenvalue weighted by molar-refractivity contribution is -0.137. The van der Waals surface area contributed by atoms with E-state index in [1.54, 1.807) is 0 Å². The highest BCUT2D eigenvalue weighted by Crippen LogP contribution is 2.28. The average molecular weight is 217 g/mol. The molecule has 15 heavy (non-hydrogen) atoms. The fourth-order valence-corrected chi connectivity index (χ4v) is 0.986. The Labute approximate surface area is 85.3 Å². The summed E-state index contributed by atoms with van der Waals surface area (Å²) in [6.45, 7) is 1.24. The first-order valence-corrected chi connectivity index (χ1v) is 4.28. The van der Waals surface area contributed by atoms with Gasteiger partial charge in [0.2, 0.25) is 0 Å². The van der Waals surface area contributed by atoms with Gasteiger partial charge >= 0.3 is 6.18 Å². The Bertz CT molecular complexity index is 348. The maximum Gasteiger partial charge on any atom is 0.419 e. The maximum absolute atomic E-state index is 12.1. The summed E-state index contributed by atoms with van der Waals surface area (Å²) in [5.41, 5.74) is -0.737. The number of terminal acetylenes is 1. The van der Waals surface area contributed by atoms with Gasteiger partial charge < -0.3 is 5.32 Å². The van der Waals surface area contributed by atoms with E-state index in [0.717, 1.165) is 12.4 Å². The third-order valence-corrected chi connectivity index (χ3v) is 1.71. The zero-order valence-corrected chi connectivity index (χ0v) is 7.88. The van der Waals surface area contributed by atoms with Crippen molar-refractivity contribution in [3.05, 3.63) is 18.0 Å². The summed E-state index contributed by atoms with van der Waals surface area (Å²) in [5, 5.41) is 6.44. The Kier molecular flexibility index (Phi) is 3.74. The standard InChI is InChI=1S/C9H10F3N3/c1-2-3-13-4-5-15-7-8(6-14-15)9(10,11)12/h1,6-7,13H,3-5H2. The maximum atomic E-state index is 12.1. The van der Waals surface area contributed by atoms with E-state index in [-0.39, 0.29) is 0 Å². The number of nitrogens with one attached hydrogen (secondary N) is 1.